The molecule has 122 valence electrons. The Labute approximate surface area is 135 Å². The molecule has 1 spiro atoms. The number of ether oxygens (including phenoxy) is 1. The molecule has 1 aliphatic carbocycles. The topological polar surface area (TPSA) is 71.5 Å². The number of aromatic nitrogens is 1. The quantitative estimate of drug-likeness (QED) is 0.856. The minimum atomic E-state index is -0.415. The summed E-state index contributed by atoms with van der Waals surface area (Å²) in [7, 11) is 0. The molecule has 1 aromatic rings. The Morgan fingerprint density at radius 3 is 2.78 bits per heavy atom. The van der Waals surface area contributed by atoms with Crippen molar-refractivity contribution in [3.05, 3.63) is 29.1 Å². The first-order valence-electron chi connectivity index (χ1n) is 8.39. The molecule has 1 aromatic heterocycles. The van der Waals surface area contributed by atoms with E-state index in [4.69, 9.17) is 4.74 Å². The molecule has 0 saturated carbocycles. The Hall–Kier alpha value is -2.11. The lowest BCUT2D eigenvalue weighted by Crippen LogP contribution is -2.48. The van der Waals surface area contributed by atoms with Crippen molar-refractivity contribution in [2.45, 2.75) is 44.1 Å². The molecular weight excluding hydrogens is 294 g/mol. The van der Waals surface area contributed by atoms with Gasteiger partial charge in [-0.15, -0.1) is 0 Å². The zero-order chi connectivity index (χ0) is 15.9. The zero-order valence-electron chi connectivity index (χ0n) is 13.1. The second kappa shape index (κ2) is 5.51. The second-order valence-electron chi connectivity index (χ2n) is 6.76. The standard InChI is InChI=1S/C17H21N3O3/c21-15(13-9-12-3-1-2-4-14(12)18-10-13)20-7-5-17(6-8-20)11-19-16(22)23-17/h9-10H,1-8,11H2,(H,19,22). The number of nitrogens with one attached hydrogen (secondary N) is 1. The maximum absolute atomic E-state index is 12.7. The van der Waals surface area contributed by atoms with Gasteiger partial charge in [-0.2, -0.15) is 0 Å². The van der Waals surface area contributed by atoms with E-state index in [-0.39, 0.29) is 12.0 Å². The van der Waals surface area contributed by atoms with Gasteiger partial charge >= 0.3 is 6.09 Å². The van der Waals surface area contributed by atoms with E-state index in [1.807, 2.05) is 11.0 Å². The van der Waals surface area contributed by atoms with Crippen LogP contribution >= 0.6 is 0 Å². The average Bonchev–Trinajstić information content (AvgIpc) is 2.95. The zero-order valence-corrected chi connectivity index (χ0v) is 13.1. The lowest BCUT2D eigenvalue weighted by molar-refractivity contribution is 0.00329. The molecule has 0 unspecified atom stereocenters. The molecule has 2 saturated heterocycles. The van der Waals surface area contributed by atoms with Gasteiger partial charge in [0.05, 0.1) is 12.1 Å². The minimum Gasteiger partial charge on any atom is -0.441 e. The van der Waals surface area contributed by atoms with Crippen molar-refractivity contribution < 1.29 is 14.3 Å². The van der Waals surface area contributed by atoms with Gasteiger partial charge in [-0.25, -0.2) is 4.79 Å². The van der Waals surface area contributed by atoms with Crippen LogP contribution in [0.1, 0.15) is 47.3 Å². The number of likely N-dealkylation sites (tertiary alicyclic amines) is 1. The number of hydrogen-bond donors (Lipinski definition) is 1. The number of alkyl carbamates (subject to hydrolysis) is 1. The molecule has 1 N–H and O–H groups in total. The van der Waals surface area contributed by atoms with E-state index in [1.165, 1.54) is 18.4 Å². The van der Waals surface area contributed by atoms with Crippen LogP contribution in [0.2, 0.25) is 0 Å². The minimum absolute atomic E-state index is 0.0398. The van der Waals surface area contributed by atoms with Crippen LogP contribution in [0.15, 0.2) is 12.3 Å². The van der Waals surface area contributed by atoms with Crippen molar-refractivity contribution in [1.82, 2.24) is 15.2 Å². The molecule has 2 amide bonds. The fourth-order valence-corrected chi connectivity index (χ4v) is 3.79. The Kier molecular flexibility index (Phi) is 3.47. The Morgan fingerprint density at radius 2 is 2.04 bits per heavy atom. The largest absolute Gasteiger partial charge is 0.441 e. The van der Waals surface area contributed by atoms with Gasteiger partial charge in [0.1, 0.15) is 5.60 Å². The second-order valence-corrected chi connectivity index (χ2v) is 6.76. The van der Waals surface area contributed by atoms with Gasteiger partial charge in [0.15, 0.2) is 0 Å². The highest BCUT2D eigenvalue weighted by molar-refractivity contribution is 5.94. The van der Waals surface area contributed by atoms with Crippen molar-refractivity contribution in [3.63, 3.8) is 0 Å². The van der Waals surface area contributed by atoms with Crippen LogP contribution in [0.5, 0.6) is 0 Å². The smallest absolute Gasteiger partial charge is 0.407 e. The van der Waals surface area contributed by atoms with Gasteiger partial charge in [-0.1, -0.05) is 0 Å². The summed E-state index contributed by atoms with van der Waals surface area (Å²) in [6.07, 6.45) is 7.16. The highest BCUT2D eigenvalue weighted by Crippen LogP contribution is 2.30. The number of hydrogen-bond acceptors (Lipinski definition) is 4. The van der Waals surface area contributed by atoms with Gasteiger partial charge in [0.2, 0.25) is 0 Å². The van der Waals surface area contributed by atoms with Crippen LogP contribution in [0.4, 0.5) is 4.79 Å². The first-order valence-corrected chi connectivity index (χ1v) is 8.39. The molecule has 6 heteroatoms. The van der Waals surface area contributed by atoms with Crippen LogP contribution in [-0.2, 0) is 17.6 Å². The summed E-state index contributed by atoms with van der Waals surface area (Å²) in [6.45, 7) is 1.78. The third kappa shape index (κ3) is 2.66. The third-order valence-electron chi connectivity index (χ3n) is 5.24. The van der Waals surface area contributed by atoms with E-state index in [0.29, 0.717) is 38.0 Å². The van der Waals surface area contributed by atoms with E-state index in [1.54, 1.807) is 6.20 Å². The molecule has 4 rings (SSSR count). The number of piperidine rings is 1. The van der Waals surface area contributed by atoms with Gasteiger partial charge in [0.25, 0.3) is 5.91 Å². The maximum atomic E-state index is 12.7. The van der Waals surface area contributed by atoms with Crippen molar-refractivity contribution in [2.24, 2.45) is 0 Å². The van der Waals surface area contributed by atoms with Crippen LogP contribution in [-0.4, -0.2) is 47.1 Å². The van der Waals surface area contributed by atoms with Crippen molar-refractivity contribution in [3.8, 4) is 0 Å². The number of rotatable bonds is 1. The fraction of sp³-hybridized carbons (Fsp3) is 0.588. The maximum Gasteiger partial charge on any atom is 0.407 e. The van der Waals surface area contributed by atoms with Crippen LogP contribution in [0, 0.1) is 0 Å². The Morgan fingerprint density at radius 1 is 1.26 bits per heavy atom. The summed E-state index contributed by atoms with van der Waals surface area (Å²) >= 11 is 0. The van der Waals surface area contributed by atoms with E-state index < -0.39 is 5.60 Å². The summed E-state index contributed by atoms with van der Waals surface area (Å²) < 4.78 is 5.40. The molecule has 6 nitrogen and oxygen atoms in total. The molecular formula is C17H21N3O3. The van der Waals surface area contributed by atoms with E-state index in [0.717, 1.165) is 18.5 Å². The van der Waals surface area contributed by atoms with Crippen LogP contribution < -0.4 is 5.32 Å². The van der Waals surface area contributed by atoms with E-state index in [2.05, 4.69) is 10.3 Å². The molecule has 23 heavy (non-hydrogen) atoms. The first-order chi connectivity index (χ1) is 11.2. The highest BCUT2D eigenvalue weighted by Gasteiger charge is 2.43. The van der Waals surface area contributed by atoms with Gasteiger partial charge in [-0.3, -0.25) is 9.78 Å². The SMILES string of the molecule is O=C1NCC2(CCN(C(=O)c3cnc4c(c3)CCCC4)CC2)O1. The summed E-state index contributed by atoms with van der Waals surface area (Å²) in [5.41, 5.74) is 2.64. The van der Waals surface area contributed by atoms with Gasteiger partial charge < -0.3 is 15.0 Å². The summed E-state index contributed by atoms with van der Waals surface area (Å²) in [4.78, 5) is 30.3. The average molecular weight is 315 g/mol. The monoisotopic (exact) mass is 315 g/mol. The number of carbonyl (C=O) groups is 2. The summed E-state index contributed by atoms with van der Waals surface area (Å²) in [5.74, 6) is 0.0398. The predicted octanol–water partition coefficient (Wildman–Crippen LogP) is 1.67. The Bertz CT molecular complexity index is 650. The molecule has 3 aliphatic rings. The molecule has 0 bridgehead atoms. The number of fused-ring (bicyclic) bond motifs is 1. The van der Waals surface area contributed by atoms with Crippen LogP contribution in [0.3, 0.4) is 0 Å². The van der Waals surface area contributed by atoms with E-state index >= 15 is 0 Å². The summed E-state index contributed by atoms with van der Waals surface area (Å²) in [5, 5.41) is 2.72. The first kappa shape index (κ1) is 14.5. The number of nitrogens with zero attached hydrogens (tertiary/aromatic N) is 2. The van der Waals surface area contributed by atoms with Crippen LogP contribution in [0.25, 0.3) is 0 Å². The Balaban J connectivity index is 1.45. The van der Waals surface area contributed by atoms with Crippen molar-refractivity contribution >= 4 is 12.0 Å². The fourth-order valence-electron chi connectivity index (χ4n) is 3.79. The molecule has 2 fully saturated rings. The lowest BCUT2D eigenvalue weighted by Gasteiger charge is -2.37. The van der Waals surface area contributed by atoms with Gasteiger partial charge in [0, 0.05) is 37.8 Å². The van der Waals surface area contributed by atoms with Gasteiger partial charge in [-0.05, 0) is 37.3 Å². The highest BCUT2D eigenvalue weighted by atomic mass is 16.6. The number of carbonyl (C=O) groups excluding carboxylic acids is 2. The molecule has 3 heterocycles. The molecule has 0 radical (unpaired) electrons. The molecule has 0 atom stereocenters. The predicted molar refractivity (Wildman–Crippen MR) is 83.2 cm³/mol. The third-order valence-corrected chi connectivity index (χ3v) is 5.24. The van der Waals surface area contributed by atoms with Crippen molar-refractivity contribution in [2.75, 3.05) is 19.6 Å². The number of amides is 2. The number of aryl methyl sites for hydroxylation is 2. The normalized spacial score (nSPS) is 22.4. The van der Waals surface area contributed by atoms with Crippen molar-refractivity contribution in [1.29, 1.82) is 0 Å². The summed E-state index contributed by atoms with van der Waals surface area (Å²) in [6, 6.07) is 2.02. The molecule has 0 aromatic carbocycles. The number of pyridine rings is 1. The molecule has 2 aliphatic heterocycles. The lowest BCUT2D eigenvalue weighted by atomic mass is 9.91. The van der Waals surface area contributed by atoms with E-state index in [9.17, 15) is 9.59 Å².